The first-order valence-corrected chi connectivity index (χ1v) is 19.5. The van der Waals surface area contributed by atoms with Gasteiger partial charge in [0.1, 0.15) is 22.3 Å². The Hall–Kier alpha value is -6.96. The largest absolute Gasteiger partial charge is 0.456 e. The van der Waals surface area contributed by atoms with Gasteiger partial charge in [-0.1, -0.05) is 133 Å². The molecule has 0 aliphatic carbocycles. The summed E-state index contributed by atoms with van der Waals surface area (Å²) in [5, 5.41) is 18.2. The Bertz CT molecular complexity index is 3210. The van der Waals surface area contributed by atoms with Crippen molar-refractivity contribution in [1.82, 2.24) is 20.5 Å². The average Bonchev–Trinajstić information content (AvgIpc) is 3.95. The number of nitrogens with one attached hydrogen (secondary N) is 3. The van der Waals surface area contributed by atoms with Gasteiger partial charge in [-0.05, 0) is 64.7 Å². The first kappa shape index (κ1) is 32.3. The fraction of sp³-hybridized carbons (Fsp3) is 0.0588. The lowest BCUT2D eigenvalue weighted by molar-refractivity contribution is 0.203. The van der Waals surface area contributed by atoms with Crippen molar-refractivity contribution in [2.24, 2.45) is 0 Å². The van der Waals surface area contributed by atoms with Gasteiger partial charge in [-0.25, -0.2) is 0 Å². The fourth-order valence-electron chi connectivity index (χ4n) is 9.01. The summed E-state index contributed by atoms with van der Waals surface area (Å²) in [5.41, 5.74) is 12.4. The molecule has 12 rings (SSSR count). The summed E-state index contributed by atoms with van der Waals surface area (Å²) in [6, 6.07) is 64.3. The molecular formula is C51H36N4O2. The third-order valence-electron chi connectivity index (χ3n) is 11.7. The van der Waals surface area contributed by atoms with Crippen LogP contribution in [0.1, 0.15) is 35.2 Å². The van der Waals surface area contributed by atoms with Crippen LogP contribution in [0, 0.1) is 0 Å². The zero-order valence-corrected chi connectivity index (χ0v) is 30.8. The summed E-state index contributed by atoms with van der Waals surface area (Å²) in [6.07, 6.45) is -0.215. The third kappa shape index (κ3) is 5.23. The van der Waals surface area contributed by atoms with Gasteiger partial charge >= 0.3 is 0 Å². The van der Waals surface area contributed by atoms with E-state index in [9.17, 15) is 0 Å². The highest BCUT2D eigenvalue weighted by Gasteiger charge is 2.30. The Morgan fingerprint density at radius 1 is 0.368 bits per heavy atom. The van der Waals surface area contributed by atoms with Crippen LogP contribution in [0.25, 0.3) is 82.5 Å². The number of benzene rings is 8. The number of aromatic nitrogens is 1. The van der Waals surface area contributed by atoms with Crippen molar-refractivity contribution in [1.29, 1.82) is 0 Å². The maximum Gasteiger partial charge on any atom is 0.143 e. The molecule has 57 heavy (non-hydrogen) atoms. The smallest absolute Gasteiger partial charge is 0.143 e. The first-order chi connectivity index (χ1) is 28.2. The standard InChI is InChI=1S/C51H36N4O2/c1-3-12-31(13-4-1)49-52-50(32-14-5-2-6-15-32)54-51(53-49)34-23-26-41-42-19-11-18-36(48(42)57-46(41)29-34)33-22-25-39-40-27-24-35(30-47(40)56-45(39)28-33)55-43-20-9-7-16-37(43)38-17-8-10-21-44(38)55/h1-30,49-54H. The lowest BCUT2D eigenvalue weighted by Gasteiger charge is -2.39. The molecule has 1 aliphatic heterocycles. The van der Waals surface area contributed by atoms with E-state index in [1.54, 1.807) is 0 Å². The zero-order chi connectivity index (χ0) is 37.5. The van der Waals surface area contributed by atoms with Crippen LogP contribution in [0.15, 0.2) is 191 Å². The maximum atomic E-state index is 6.79. The van der Waals surface area contributed by atoms with Crippen molar-refractivity contribution < 1.29 is 8.83 Å². The number of hydrogen-bond acceptors (Lipinski definition) is 5. The predicted molar refractivity (Wildman–Crippen MR) is 231 cm³/mol. The van der Waals surface area contributed by atoms with E-state index in [2.05, 4.69) is 203 Å². The summed E-state index contributed by atoms with van der Waals surface area (Å²) < 4.78 is 15.8. The summed E-state index contributed by atoms with van der Waals surface area (Å²) in [7, 11) is 0. The molecule has 4 heterocycles. The Morgan fingerprint density at radius 2 is 0.895 bits per heavy atom. The van der Waals surface area contributed by atoms with Crippen LogP contribution in [0.2, 0.25) is 0 Å². The van der Waals surface area contributed by atoms with E-state index >= 15 is 0 Å². The molecule has 2 atom stereocenters. The maximum absolute atomic E-state index is 6.79. The van der Waals surface area contributed by atoms with Gasteiger partial charge in [-0.3, -0.25) is 16.0 Å². The number of fused-ring (bicyclic) bond motifs is 9. The number of hydrogen-bond donors (Lipinski definition) is 3. The van der Waals surface area contributed by atoms with Crippen LogP contribution in [0.3, 0.4) is 0 Å². The van der Waals surface area contributed by atoms with Crippen LogP contribution in [-0.2, 0) is 0 Å². The highest BCUT2D eigenvalue weighted by Crippen LogP contribution is 2.40. The molecule has 6 heteroatoms. The van der Waals surface area contributed by atoms with Gasteiger partial charge < -0.3 is 13.4 Å². The van der Waals surface area contributed by atoms with Crippen molar-refractivity contribution in [2.75, 3.05) is 0 Å². The number of rotatable bonds is 5. The Labute approximate surface area is 327 Å². The second-order valence-corrected chi connectivity index (χ2v) is 15.0. The monoisotopic (exact) mass is 736 g/mol. The summed E-state index contributed by atoms with van der Waals surface area (Å²) >= 11 is 0. The van der Waals surface area contributed by atoms with E-state index in [4.69, 9.17) is 8.83 Å². The van der Waals surface area contributed by atoms with E-state index in [1.807, 2.05) is 0 Å². The molecule has 6 nitrogen and oxygen atoms in total. The van der Waals surface area contributed by atoms with Crippen molar-refractivity contribution in [3.63, 3.8) is 0 Å². The van der Waals surface area contributed by atoms with Crippen LogP contribution >= 0.6 is 0 Å². The van der Waals surface area contributed by atoms with Crippen LogP contribution in [0.5, 0.6) is 0 Å². The molecule has 0 radical (unpaired) electrons. The lowest BCUT2D eigenvalue weighted by Crippen LogP contribution is -2.54. The Kier molecular flexibility index (Phi) is 7.25. The van der Waals surface area contributed by atoms with E-state index in [0.29, 0.717) is 0 Å². The highest BCUT2D eigenvalue weighted by molar-refractivity contribution is 6.12. The van der Waals surface area contributed by atoms with Crippen LogP contribution in [-0.4, -0.2) is 4.57 Å². The normalized spacial score (nSPS) is 17.4. The van der Waals surface area contributed by atoms with Gasteiger partial charge in [-0.2, -0.15) is 0 Å². The quantitative estimate of drug-likeness (QED) is 0.164. The van der Waals surface area contributed by atoms with Gasteiger partial charge in [0.25, 0.3) is 0 Å². The molecule has 0 amide bonds. The molecule has 1 fully saturated rings. The van der Waals surface area contributed by atoms with Crippen molar-refractivity contribution >= 4 is 65.7 Å². The molecular weight excluding hydrogens is 701 g/mol. The highest BCUT2D eigenvalue weighted by atomic mass is 16.3. The fourth-order valence-corrected chi connectivity index (χ4v) is 9.01. The zero-order valence-electron chi connectivity index (χ0n) is 30.8. The molecule has 3 aromatic heterocycles. The molecule has 3 N–H and O–H groups in total. The Morgan fingerprint density at radius 3 is 1.58 bits per heavy atom. The van der Waals surface area contributed by atoms with E-state index in [1.165, 1.54) is 32.9 Å². The van der Waals surface area contributed by atoms with E-state index < -0.39 is 0 Å². The van der Waals surface area contributed by atoms with Gasteiger partial charge in [-0.15, -0.1) is 0 Å². The second kappa shape index (κ2) is 12.8. The summed E-state index contributed by atoms with van der Waals surface area (Å²) in [5.74, 6) is 0. The Balaban J connectivity index is 0.917. The lowest BCUT2D eigenvalue weighted by atomic mass is 10.00. The molecule has 2 unspecified atom stereocenters. The minimum Gasteiger partial charge on any atom is -0.456 e. The molecule has 11 aromatic rings. The number of furan rings is 2. The average molecular weight is 737 g/mol. The van der Waals surface area contributed by atoms with E-state index in [-0.39, 0.29) is 18.5 Å². The molecule has 0 bridgehead atoms. The second-order valence-electron chi connectivity index (χ2n) is 15.0. The third-order valence-corrected chi connectivity index (χ3v) is 11.7. The molecule has 1 saturated heterocycles. The van der Waals surface area contributed by atoms with Crippen molar-refractivity contribution in [3.05, 3.63) is 199 Å². The number of nitrogens with zero attached hydrogens (tertiary/aromatic N) is 1. The molecule has 8 aromatic carbocycles. The SMILES string of the molecule is c1ccc(C2NC(c3ccccc3)NC(c3ccc4c(c3)oc3c(-c5ccc6c(c5)oc5cc(-n7c8ccccc8c8ccccc87)ccc56)cccc34)N2)cc1. The first-order valence-electron chi connectivity index (χ1n) is 19.5. The van der Waals surface area contributed by atoms with Crippen LogP contribution in [0.4, 0.5) is 0 Å². The van der Waals surface area contributed by atoms with Gasteiger partial charge in [0.15, 0.2) is 0 Å². The predicted octanol–water partition coefficient (Wildman–Crippen LogP) is 12.4. The minimum atomic E-state index is -0.121. The summed E-state index contributed by atoms with van der Waals surface area (Å²) in [4.78, 5) is 0. The van der Waals surface area contributed by atoms with Crippen molar-refractivity contribution in [3.8, 4) is 16.8 Å². The van der Waals surface area contributed by atoms with Gasteiger partial charge in [0.2, 0.25) is 0 Å². The minimum absolute atomic E-state index is 0.0472. The molecule has 272 valence electrons. The molecule has 0 spiro atoms. The van der Waals surface area contributed by atoms with Gasteiger partial charge in [0, 0.05) is 49.6 Å². The van der Waals surface area contributed by atoms with Gasteiger partial charge in [0.05, 0.1) is 29.5 Å². The number of para-hydroxylation sites is 3. The topological polar surface area (TPSA) is 67.3 Å². The molecule has 0 saturated carbocycles. The van der Waals surface area contributed by atoms with Crippen LogP contribution < -0.4 is 16.0 Å². The van der Waals surface area contributed by atoms with Crippen molar-refractivity contribution in [2.45, 2.75) is 18.5 Å². The van der Waals surface area contributed by atoms with E-state index in [0.717, 1.165) is 66.3 Å². The summed E-state index contributed by atoms with van der Waals surface area (Å²) in [6.45, 7) is 0. The molecule has 1 aliphatic rings.